The zero-order valence-corrected chi connectivity index (χ0v) is 13.0. The van der Waals surface area contributed by atoms with E-state index in [9.17, 15) is 0 Å². The van der Waals surface area contributed by atoms with Gasteiger partial charge in [-0.25, -0.2) is 9.97 Å². The van der Waals surface area contributed by atoms with Crippen molar-refractivity contribution in [2.75, 3.05) is 6.54 Å². The molecule has 2 heterocycles. The molecular weight excluding hydrogens is 360 g/mol. The van der Waals surface area contributed by atoms with Crippen molar-refractivity contribution < 1.29 is 0 Å². The van der Waals surface area contributed by atoms with E-state index in [1.807, 2.05) is 19.1 Å². The zero-order valence-electron chi connectivity index (χ0n) is 9.82. The minimum Gasteiger partial charge on any atom is -0.330 e. The lowest BCUT2D eigenvalue weighted by Gasteiger charge is -2.06. The van der Waals surface area contributed by atoms with Gasteiger partial charge in [-0.15, -0.1) is 0 Å². The third-order valence-corrected chi connectivity index (χ3v) is 3.37. The fourth-order valence-corrected chi connectivity index (χ4v) is 2.76. The number of halogens is 2. The molecular formula is C12H12Br2N4. The number of hydrogen-bond donors (Lipinski definition) is 1. The number of aryl methyl sites for hydroxylation is 1. The summed E-state index contributed by atoms with van der Waals surface area (Å²) in [4.78, 5) is 13.2. The Bertz CT molecular complexity index is 572. The maximum absolute atomic E-state index is 5.56. The molecule has 0 spiro atoms. The summed E-state index contributed by atoms with van der Waals surface area (Å²) in [7, 11) is 0. The largest absolute Gasteiger partial charge is 0.330 e. The van der Waals surface area contributed by atoms with Crippen molar-refractivity contribution in [2.24, 2.45) is 5.73 Å². The second-order valence-corrected chi connectivity index (χ2v) is 5.62. The number of aromatic nitrogens is 3. The van der Waals surface area contributed by atoms with Gasteiger partial charge in [-0.2, -0.15) is 0 Å². The molecule has 2 N–H and O–H groups in total. The Hall–Kier alpha value is -0.850. The van der Waals surface area contributed by atoms with E-state index in [1.54, 1.807) is 6.20 Å². The standard InChI is InChI=1S/C12H12Br2N4/c1-7-4-9(2-3-15)18-12(17-7)11-10(14)5-8(13)6-16-11/h4-6H,2-3,15H2,1H3. The second kappa shape index (κ2) is 5.86. The van der Waals surface area contributed by atoms with Gasteiger partial charge in [-0.3, -0.25) is 4.98 Å². The lowest BCUT2D eigenvalue weighted by molar-refractivity contribution is 0.902. The fraction of sp³-hybridized carbons (Fsp3) is 0.250. The molecule has 0 saturated heterocycles. The molecule has 2 aromatic heterocycles. The number of hydrogen-bond acceptors (Lipinski definition) is 4. The molecule has 18 heavy (non-hydrogen) atoms. The van der Waals surface area contributed by atoms with E-state index in [-0.39, 0.29) is 0 Å². The first kappa shape index (κ1) is 13.6. The average molecular weight is 372 g/mol. The van der Waals surface area contributed by atoms with E-state index in [1.165, 1.54) is 0 Å². The minimum absolute atomic E-state index is 0.574. The van der Waals surface area contributed by atoms with Crippen molar-refractivity contribution in [2.45, 2.75) is 13.3 Å². The van der Waals surface area contributed by atoms with E-state index in [0.29, 0.717) is 12.4 Å². The maximum Gasteiger partial charge on any atom is 0.179 e. The Morgan fingerprint density at radius 2 is 2.00 bits per heavy atom. The van der Waals surface area contributed by atoms with Crippen LogP contribution in [0.3, 0.4) is 0 Å². The molecule has 0 aromatic carbocycles. The molecule has 0 unspecified atom stereocenters. The van der Waals surface area contributed by atoms with Crippen molar-refractivity contribution in [3.05, 3.63) is 38.7 Å². The summed E-state index contributed by atoms with van der Waals surface area (Å²) in [5.41, 5.74) is 8.15. The van der Waals surface area contributed by atoms with Gasteiger partial charge >= 0.3 is 0 Å². The highest BCUT2D eigenvalue weighted by atomic mass is 79.9. The molecule has 0 amide bonds. The average Bonchev–Trinajstić information content (AvgIpc) is 2.28. The second-order valence-electron chi connectivity index (χ2n) is 3.85. The van der Waals surface area contributed by atoms with Gasteiger partial charge in [-0.1, -0.05) is 0 Å². The molecule has 0 atom stereocenters. The van der Waals surface area contributed by atoms with Crippen LogP contribution in [0.5, 0.6) is 0 Å². The van der Waals surface area contributed by atoms with Crippen LogP contribution in [-0.4, -0.2) is 21.5 Å². The Morgan fingerprint density at radius 3 is 2.67 bits per heavy atom. The first-order valence-electron chi connectivity index (χ1n) is 5.46. The quantitative estimate of drug-likeness (QED) is 0.900. The predicted octanol–water partition coefficient (Wildman–Crippen LogP) is 2.87. The van der Waals surface area contributed by atoms with Crippen LogP contribution >= 0.6 is 31.9 Å². The van der Waals surface area contributed by atoms with E-state index in [0.717, 1.165) is 32.4 Å². The summed E-state index contributed by atoms with van der Waals surface area (Å²) in [5, 5.41) is 0. The molecule has 0 saturated carbocycles. The van der Waals surface area contributed by atoms with E-state index >= 15 is 0 Å². The van der Waals surface area contributed by atoms with Crippen LogP contribution in [0.4, 0.5) is 0 Å². The molecule has 0 aliphatic rings. The Kier molecular flexibility index (Phi) is 4.42. The van der Waals surface area contributed by atoms with Crippen molar-refractivity contribution in [1.29, 1.82) is 0 Å². The molecule has 0 fully saturated rings. The van der Waals surface area contributed by atoms with Crippen LogP contribution in [-0.2, 0) is 6.42 Å². The third kappa shape index (κ3) is 3.13. The predicted molar refractivity (Wildman–Crippen MR) is 78.2 cm³/mol. The van der Waals surface area contributed by atoms with Crippen molar-refractivity contribution >= 4 is 31.9 Å². The molecule has 0 aliphatic heterocycles. The van der Waals surface area contributed by atoms with Crippen LogP contribution < -0.4 is 5.73 Å². The normalized spacial score (nSPS) is 10.7. The number of nitrogens with two attached hydrogens (primary N) is 1. The van der Waals surface area contributed by atoms with Crippen LogP contribution in [0, 0.1) is 6.92 Å². The molecule has 4 nitrogen and oxygen atoms in total. The summed E-state index contributed by atoms with van der Waals surface area (Å²) < 4.78 is 1.77. The number of pyridine rings is 1. The summed E-state index contributed by atoms with van der Waals surface area (Å²) in [6.07, 6.45) is 2.47. The highest BCUT2D eigenvalue weighted by Gasteiger charge is 2.10. The highest BCUT2D eigenvalue weighted by molar-refractivity contribution is 9.11. The summed E-state index contributed by atoms with van der Waals surface area (Å²) in [6.45, 7) is 2.52. The van der Waals surface area contributed by atoms with Gasteiger partial charge in [0, 0.05) is 33.0 Å². The summed E-state index contributed by atoms with van der Waals surface area (Å²) in [6, 6.07) is 3.87. The molecule has 2 rings (SSSR count). The third-order valence-electron chi connectivity index (χ3n) is 2.33. The first-order valence-corrected chi connectivity index (χ1v) is 7.05. The topological polar surface area (TPSA) is 64.7 Å². The molecule has 0 radical (unpaired) electrons. The Morgan fingerprint density at radius 1 is 1.22 bits per heavy atom. The van der Waals surface area contributed by atoms with Crippen LogP contribution in [0.1, 0.15) is 11.4 Å². The van der Waals surface area contributed by atoms with Gasteiger partial charge in [0.15, 0.2) is 5.82 Å². The monoisotopic (exact) mass is 370 g/mol. The summed E-state index contributed by atoms with van der Waals surface area (Å²) in [5.74, 6) is 0.623. The number of rotatable bonds is 3. The van der Waals surface area contributed by atoms with E-state index in [4.69, 9.17) is 5.73 Å². The van der Waals surface area contributed by atoms with Crippen LogP contribution in [0.15, 0.2) is 27.3 Å². The van der Waals surface area contributed by atoms with E-state index in [2.05, 4.69) is 46.8 Å². The highest BCUT2D eigenvalue weighted by Crippen LogP contribution is 2.26. The fourth-order valence-electron chi connectivity index (χ4n) is 1.59. The minimum atomic E-state index is 0.574. The van der Waals surface area contributed by atoms with Gasteiger partial charge in [0.1, 0.15) is 5.69 Å². The van der Waals surface area contributed by atoms with Crippen molar-refractivity contribution in [3.8, 4) is 11.5 Å². The smallest absolute Gasteiger partial charge is 0.179 e. The molecule has 6 heteroatoms. The lowest BCUT2D eigenvalue weighted by atomic mass is 10.2. The van der Waals surface area contributed by atoms with Gasteiger partial charge in [0.2, 0.25) is 0 Å². The van der Waals surface area contributed by atoms with Gasteiger partial charge in [0.25, 0.3) is 0 Å². The van der Waals surface area contributed by atoms with Gasteiger partial charge in [-0.05, 0) is 57.5 Å². The Balaban J connectivity index is 2.49. The molecule has 2 aromatic rings. The Labute approximate surface area is 122 Å². The van der Waals surface area contributed by atoms with E-state index < -0.39 is 0 Å². The molecule has 0 bridgehead atoms. The van der Waals surface area contributed by atoms with Crippen LogP contribution in [0.2, 0.25) is 0 Å². The maximum atomic E-state index is 5.56. The van der Waals surface area contributed by atoms with Gasteiger partial charge in [0.05, 0.1) is 0 Å². The van der Waals surface area contributed by atoms with Crippen LogP contribution in [0.25, 0.3) is 11.5 Å². The molecule has 0 aliphatic carbocycles. The zero-order chi connectivity index (χ0) is 13.1. The first-order chi connectivity index (χ1) is 8.60. The summed E-state index contributed by atoms with van der Waals surface area (Å²) >= 11 is 6.85. The van der Waals surface area contributed by atoms with Crippen molar-refractivity contribution in [1.82, 2.24) is 15.0 Å². The number of nitrogens with zero attached hydrogens (tertiary/aromatic N) is 3. The lowest BCUT2D eigenvalue weighted by Crippen LogP contribution is -2.07. The van der Waals surface area contributed by atoms with Gasteiger partial charge < -0.3 is 5.73 Å². The SMILES string of the molecule is Cc1cc(CCN)nc(-c2ncc(Br)cc2Br)n1. The van der Waals surface area contributed by atoms with Crippen molar-refractivity contribution in [3.63, 3.8) is 0 Å². The molecule has 94 valence electrons.